The lowest BCUT2D eigenvalue weighted by molar-refractivity contribution is -0.384. The van der Waals surface area contributed by atoms with Gasteiger partial charge >= 0.3 is 0 Å². The summed E-state index contributed by atoms with van der Waals surface area (Å²) in [6.07, 6.45) is 0.693. The fourth-order valence-corrected chi connectivity index (χ4v) is 1.52. The van der Waals surface area contributed by atoms with E-state index in [9.17, 15) is 10.1 Å². The van der Waals surface area contributed by atoms with Crippen LogP contribution in [-0.4, -0.2) is 4.92 Å². The highest BCUT2D eigenvalue weighted by Crippen LogP contribution is 2.29. The first-order chi connectivity index (χ1) is 8.03. The van der Waals surface area contributed by atoms with E-state index in [1.165, 1.54) is 12.1 Å². The van der Waals surface area contributed by atoms with E-state index in [-0.39, 0.29) is 12.1 Å². The second-order valence-electron chi connectivity index (χ2n) is 3.91. The van der Waals surface area contributed by atoms with Crippen LogP contribution in [0.15, 0.2) is 24.3 Å². The summed E-state index contributed by atoms with van der Waals surface area (Å²) in [5.41, 5.74) is -0.0830. The molecule has 1 atom stereocenters. The predicted octanol–water partition coefficient (Wildman–Crippen LogP) is 2.68. The molecule has 1 aromatic carbocycles. The molecule has 0 aliphatic rings. The molecule has 17 heavy (non-hydrogen) atoms. The number of hydrogen-bond acceptors (Lipinski definition) is 4. The zero-order valence-corrected chi connectivity index (χ0v) is 9.38. The minimum absolute atomic E-state index is 0.00526. The predicted molar refractivity (Wildman–Crippen MR) is 60.9 cm³/mol. The van der Waals surface area contributed by atoms with Crippen LogP contribution in [0.3, 0.4) is 0 Å². The minimum Gasteiger partial charge on any atom is -0.258 e. The molecule has 0 aliphatic carbocycles. The fraction of sp³-hybridized carbons (Fsp3) is 0.333. The highest BCUT2D eigenvalue weighted by atomic mass is 16.6. The number of rotatable bonds is 4. The Bertz CT molecular complexity index is 496. The Labute approximate surface area is 99.1 Å². The van der Waals surface area contributed by atoms with E-state index in [4.69, 9.17) is 10.5 Å². The normalized spacial score (nSPS) is 13.1. The van der Waals surface area contributed by atoms with E-state index >= 15 is 0 Å². The molecule has 1 unspecified atom stereocenters. The second-order valence-corrected chi connectivity index (χ2v) is 3.91. The van der Waals surface area contributed by atoms with Crippen molar-refractivity contribution in [1.29, 1.82) is 10.5 Å². The Kier molecular flexibility index (Phi) is 3.79. The largest absolute Gasteiger partial charge is 0.269 e. The van der Waals surface area contributed by atoms with E-state index in [0.29, 0.717) is 12.0 Å². The summed E-state index contributed by atoms with van der Waals surface area (Å²) in [6, 6.07) is 10.0. The third-order valence-corrected chi connectivity index (χ3v) is 2.70. The van der Waals surface area contributed by atoms with Crippen molar-refractivity contribution in [1.82, 2.24) is 0 Å². The van der Waals surface area contributed by atoms with E-state index in [1.807, 2.05) is 6.07 Å². The highest BCUT2D eigenvalue weighted by Gasteiger charge is 2.26. The summed E-state index contributed by atoms with van der Waals surface area (Å²) < 4.78 is 0. The molecule has 0 saturated heterocycles. The maximum Gasteiger partial charge on any atom is 0.269 e. The molecule has 0 heterocycles. The maximum absolute atomic E-state index is 10.5. The number of benzene rings is 1. The molecule has 1 aromatic rings. The summed E-state index contributed by atoms with van der Waals surface area (Å²) in [6.45, 7) is 1.73. The van der Waals surface area contributed by atoms with E-state index in [0.717, 1.165) is 0 Å². The van der Waals surface area contributed by atoms with Crippen molar-refractivity contribution >= 4 is 5.69 Å². The van der Waals surface area contributed by atoms with Gasteiger partial charge in [-0.2, -0.15) is 10.5 Å². The van der Waals surface area contributed by atoms with Gasteiger partial charge in [0, 0.05) is 18.6 Å². The Balaban J connectivity index is 3.02. The molecule has 0 aromatic heterocycles. The van der Waals surface area contributed by atoms with Gasteiger partial charge in [-0.1, -0.05) is 12.1 Å². The average Bonchev–Trinajstić information content (AvgIpc) is 2.36. The number of hydrogen-bond donors (Lipinski definition) is 0. The van der Waals surface area contributed by atoms with Gasteiger partial charge in [0.05, 0.1) is 22.5 Å². The van der Waals surface area contributed by atoms with Crippen molar-refractivity contribution in [2.75, 3.05) is 0 Å². The Morgan fingerprint density at radius 3 is 2.35 bits per heavy atom. The molecule has 0 N–H and O–H groups in total. The van der Waals surface area contributed by atoms with Crippen LogP contribution in [0.4, 0.5) is 5.69 Å². The van der Waals surface area contributed by atoms with Crippen LogP contribution in [0.5, 0.6) is 0 Å². The van der Waals surface area contributed by atoms with Crippen molar-refractivity contribution in [2.24, 2.45) is 0 Å². The lowest BCUT2D eigenvalue weighted by Crippen LogP contribution is -2.19. The molecule has 0 amide bonds. The average molecular weight is 229 g/mol. The number of nitro benzene ring substituents is 1. The van der Waals surface area contributed by atoms with Crippen molar-refractivity contribution in [2.45, 2.75) is 25.2 Å². The molecule has 0 spiro atoms. The summed E-state index contributed by atoms with van der Waals surface area (Å²) in [5.74, 6) is 0. The van der Waals surface area contributed by atoms with Gasteiger partial charge in [-0.15, -0.1) is 0 Å². The Morgan fingerprint density at radius 1 is 1.35 bits per heavy atom. The monoisotopic (exact) mass is 229 g/mol. The molecule has 5 nitrogen and oxygen atoms in total. The molecule has 0 bridgehead atoms. The fourth-order valence-electron chi connectivity index (χ4n) is 1.52. The molecule has 0 aliphatic heterocycles. The van der Waals surface area contributed by atoms with Crippen molar-refractivity contribution in [3.05, 3.63) is 39.9 Å². The van der Waals surface area contributed by atoms with E-state index < -0.39 is 10.3 Å². The molecule has 86 valence electrons. The van der Waals surface area contributed by atoms with Crippen LogP contribution in [-0.2, 0) is 5.41 Å². The molecule has 1 rings (SSSR count). The van der Waals surface area contributed by atoms with Gasteiger partial charge in [0.15, 0.2) is 0 Å². The van der Waals surface area contributed by atoms with Gasteiger partial charge in [-0.3, -0.25) is 10.1 Å². The lowest BCUT2D eigenvalue weighted by Gasteiger charge is -2.20. The van der Waals surface area contributed by atoms with Crippen LogP contribution in [0.25, 0.3) is 0 Å². The SMILES string of the molecule is CC(C#N)(CCC#N)c1ccc([N+](=O)[O-])cc1. The van der Waals surface area contributed by atoms with Crippen LogP contribution < -0.4 is 0 Å². The number of non-ortho nitro benzene ring substituents is 1. The zero-order chi connectivity index (χ0) is 12.9. The van der Waals surface area contributed by atoms with Gasteiger partial charge in [0.25, 0.3) is 5.69 Å². The van der Waals surface area contributed by atoms with Crippen molar-refractivity contribution in [3.8, 4) is 12.1 Å². The van der Waals surface area contributed by atoms with Gasteiger partial charge in [-0.05, 0) is 18.9 Å². The van der Waals surface area contributed by atoms with Crippen LogP contribution in [0, 0.1) is 32.8 Å². The molecular weight excluding hydrogens is 218 g/mol. The molecule has 5 heteroatoms. The lowest BCUT2D eigenvalue weighted by atomic mass is 9.80. The van der Waals surface area contributed by atoms with Crippen molar-refractivity contribution in [3.63, 3.8) is 0 Å². The first-order valence-corrected chi connectivity index (χ1v) is 5.06. The van der Waals surface area contributed by atoms with Crippen LogP contribution in [0.1, 0.15) is 25.3 Å². The molecular formula is C12H11N3O2. The molecule has 0 saturated carbocycles. The number of nitro groups is 1. The number of nitriles is 2. The summed E-state index contributed by atoms with van der Waals surface area (Å²) in [4.78, 5) is 10.0. The standard InChI is InChI=1S/C12H11N3O2/c1-12(9-14,7-2-8-13)10-3-5-11(6-4-10)15(16)17/h3-6H,2,7H2,1H3. The first kappa shape index (κ1) is 12.7. The second kappa shape index (κ2) is 5.09. The van der Waals surface area contributed by atoms with E-state index in [1.54, 1.807) is 19.1 Å². The van der Waals surface area contributed by atoms with Gasteiger partial charge in [0.2, 0.25) is 0 Å². The van der Waals surface area contributed by atoms with Crippen LogP contribution in [0.2, 0.25) is 0 Å². The quantitative estimate of drug-likeness (QED) is 0.586. The topological polar surface area (TPSA) is 90.7 Å². The van der Waals surface area contributed by atoms with Gasteiger partial charge < -0.3 is 0 Å². The first-order valence-electron chi connectivity index (χ1n) is 5.06. The molecule has 0 fully saturated rings. The van der Waals surface area contributed by atoms with E-state index in [2.05, 4.69) is 6.07 Å². The van der Waals surface area contributed by atoms with Gasteiger partial charge in [0.1, 0.15) is 0 Å². The number of nitrogens with zero attached hydrogens (tertiary/aromatic N) is 3. The summed E-state index contributed by atoms with van der Waals surface area (Å²) in [5, 5.41) is 28.2. The third kappa shape index (κ3) is 2.79. The zero-order valence-electron chi connectivity index (χ0n) is 9.38. The van der Waals surface area contributed by atoms with Crippen molar-refractivity contribution < 1.29 is 4.92 Å². The summed E-state index contributed by atoms with van der Waals surface area (Å²) in [7, 11) is 0. The smallest absolute Gasteiger partial charge is 0.258 e. The summed E-state index contributed by atoms with van der Waals surface area (Å²) >= 11 is 0. The minimum atomic E-state index is -0.773. The van der Waals surface area contributed by atoms with Crippen LogP contribution >= 0.6 is 0 Å². The van der Waals surface area contributed by atoms with Gasteiger partial charge in [-0.25, -0.2) is 0 Å². The third-order valence-electron chi connectivity index (χ3n) is 2.70. The molecule has 0 radical (unpaired) electrons. The maximum atomic E-state index is 10.5. The Hall–Kier alpha value is -2.40. The Morgan fingerprint density at radius 2 is 1.94 bits per heavy atom. The highest BCUT2D eigenvalue weighted by molar-refractivity contribution is 5.39.